The lowest BCUT2D eigenvalue weighted by atomic mass is 10.0. The number of rotatable bonds is 67. The molecule has 0 aromatic heterocycles. The summed E-state index contributed by atoms with van der Waals surface area (Å²) in [6.07, 6.45) is 47.8. The molecule has 0 heterocycles. The van der Waals surface area contributed by atoms with E-state index in [0.717, 1.165) is 38.5 Å². The zero-order valence-electron chi connectivity index (χ0n) is 62.8. The first kappa shape index (κ1) is 100. The number of aliphatic carboxylic acids is 2. The van der Waals surface area contributed by atoms with E-state index in [2.05, 4.69) is 45.1 Å². The van der Waals surface area contributed by atoms with Crippen molar-refractivity contribution in [2.45, 2.75) is 372 Å². The molecule has 0 radical (unpaired) electrons. The first-order valence-electron chi connectivity index (χ1n) is 39.1. The van der Waals surface area contributed by atoms with Crippen LogP contribution in [-0.2, 0) is 38.4 Å². The van der Waals surface area contributed by atoms with Gasteiger partial charge in [0.25, 0.3) is 0 Å². The Morgan fingerprint density at radius 1 is 0.353 bits per heavy atom. The number of aliphatic imine (C=N–C) groups is 2. The summed E-state index contributed by atoms with van der Waals surface area (Å²) in [4.78, 5) is 106. The van der Waals surface area contributed by atoms with E-state index in [1.807, 2.05) is 0 Å². The van der Waals surface area contributed by atoms with Gasteiger partial charge >= 0.3 is 24.3 Å². The molecular weight excluding hydrogens is 1330 g/mol. The van der Waals surface area contributed by atoms with Gasteiger partial charge in [0.15, 0.2) is 11.9 Å². The number of unbranched alkanes of at least 4 members (excludes halogenated alkanes) is 40. The van der Waals surface area contributed by atoms with Crippen molar-refractivity contribution in [2.75, 3.05) is 39.3 Å². The summed E-state index contributed by atoms with van der Waals surface area (Å²) < 4.78 is 63.5. The molecule has 0 aliphatic carbocycles. The number of carbonyl (C=O) groups is 8. The molecule has 0 aromatic rings. The number of alkyl halides is 6. The Balaban J connectivity index is -0.00000628. The second-order valence-corrected chi connectivity index (χ2v) is 27.0. The van der Waals surface area contributed by atoms with Crippen LogP contribution in [0.3, 0.4) is 0 Å². The quantitative estimate of drug-likeness (QED) is 0.0117. The highest BCUT2D eigenvalue weighted by Crippen LogP contribution is 2.19. The highest BCUT2D eigenvalue weighted by Gasteiger charge is 2.39. The number of hydrogen-bond donors (Lipinski definition) is 11. The third-order valence-corrected chi connectivity index (χ3v) is 17.5. The fourth-order valence-corrected chi connectivity index (χ4v) is 11.4. The van der Waals surface area contributed by atoms with Gasteiger partial charge < -0.3 is 65.0 Å². The molecule has 22 nitrogen and oxygen atoms in total. The maximum atomic E-state index is 13.8. The largest absolute Gasteiger partial charge is 0.490 e. The highest BCUT2D eigenvalue weighted by atomic mass is 19.4. The van der Waals surface area contributed by atoms with Gasteiger partial charge in [0, 0.05) is 65.0 Å². The van der Waals surface area contributed by atoms with Crippen molar-refractivity contribution in [3.63, 3.8) is 0 Å². The minimum absolute atomic E-state index is 0.00968. The Morgan fingerprint density at radius 3 is 0.873 bits per heavy atom. The predicted molar refractivity (Wildman–Crippen MR) is 396 cm³/mol. The number of nitrogens with one attached hydrogen (secondary N) is 4. The Morgan fingerprint density at radius 2 is 0.618 bits per heavy atom. The topological polar surface area (TPSA) is 383 Å². The van der Waals surface area contributed by atoms with E-state index >= 15 is 0 Å². The SMILES string of the molecule is CCCCCCCCCCCCCCCCCCCCCCCC(=O)NCCCN(CCCNC(=O)CCCCCCCCCCCCCCCCCCCCCCC)C(=O)CCC(=O)N[C@@H](CCCN=C(N)N)C(=O)N[C@@H](CCCN=C(N)N)C(N)=O.O=C(O)C(F)(F)F.O=C(O)C(F)(F)F. The summed E-state index contributed by atoms with van der Waals surface area (Å²) in [5.74, 6) is -7.86. The number of carbonyl (C=O) groups excluding carboxylic acids is 6. The van der Waals surface area contributed by atoms with Gasteiger partial charge in [0.05, 0.1) is 0 Å². The van der Waals surface area contributed by atoms with Gasteiger partial charge in [-0.05, 0) is 51.4 Å². The molecule has 598 valence electrons. The predicted octanol–water partition coefficient (Wildman–Crippen LogP) is 14.6. The average Bonchev–Trinajstić information content (AvgIpc) is 0.896. The van der Waals surface area contributed by atoms with E-state index in [4.69, 9.17) is 48.5 Å². The fraction of sp³-hybridized carbons (Fsp3) is 0.865. The van der Waals surface area contributed by atoms with Gasteiger partial charge in [-0.1, -0.05) is 271 Å². The van der Waals surface area contributed by atoms with Crippen molar-refractivity contribution in [3.8, 4) is 0 Å². The molecule has 0 saturated heterocycles. The summed E-state index contributed by atoms with van der Waals surface area (Å²) in [6.45, 7) is 6.54. The van der Waals surface area contributed by atoms with E-state index in [1.165, 1.54) is 231 Å². The molecule has 0 saturated carbocycles. The third-order valence-electron chi connectivity index (χ3n) is 17.5. The molecule has 0 spiro atoms. The van der Waals surface area contributed by atoms with E-state index in [9.17, 15) is 55.1 Å². The Bertz CT molecular complexity index is 2090. The smallest absolute Gasteiger partial charge is 0.475 e. The maximum absolute atomic E-state index is 13.8. The van der Waals surface area contributed by atoms with Gasteiger partial charge in [-0.2, -0.15) is 26.3 Å². The van der Waals surface area contributed by atoms with Crippen LogP contribution >= 0.6 is 0 Å². The van der Waals surface area contributed by atoms with Gasteiger partial charge in [-0.25, -0.2) is 9.59 Å². The lowest BCUT2D eigenvalue weighted by Gasteiger charge is -2.24. The number of guanidine groups is 2. The van der Waals surface area contributed by atoms with Crippen molar-refractivity contribution in [1.82, 2.24) is 26.2 Å². The molecule has 16 N–H and O–H groups in total. The van der Waals surface area contributed by atoms with Crippen LogP contribution in [0.5, 0.6) is 0 Å². The molecule has 0 bridgehead atoms. The van der Waals surface area contributed by atoms with Crippen LogP contribution in [0.1, 0.15) is 348 Å². The Labute approximate surface area is 608 Å². The zero-order valence-corrected chi connectivity index (χ0v) is 62.8. The molecule has 28 heteroatoms. The third kappa shape index (κ3) is 73.6. The van der Waals surface area contributed by atoms with Crippen molar-refractivity contribution < 1.29 is 74.9 Å². The Kier molecular flexibility index (Phi) is 69.2. The van der Waals surface area contributed by atoms with Crippen LogP contribution < -0.4 is 49.9 Å². The van der Waals surface area contributed by atoms with Crippen molar-refractivity contribution in [3.05, 3.63) is 0 Å². The number of halogens is 6. The molecule has 0 aromatic carbocycles. The molecule has 6 amide bonds. The molecule has 2 atom stereocenters. The highest BCUT2D eigenvalue weighted by molar-refractivity contribution is 5.92. The van der Waals surface area contributed by atoms with E-state index in [1.54, 1.807) is 4.90 Å². The van der Waals surface area contributed by atoms with Crippen LogP contribution in [0.15, 0.2) is 9.98 Å². The number of hydrogen-bond acceptors (Lipinski definition) is 10. The second-order valence-electron chi connectivity index (χ2n) is 27.0. The summed E-state index contributed by atoms with van der Waals surface area (Å²) in [5, 5.41) is 25.7. The standard InChI is InChI=1S/C70H138N12O6.2C2HF3O2/c1-3-5-7-9-11-13-15-17-19-21-23-25-27-29-31-33-35-37-39-41-43-51-63(83)76-57-47-59-82(60-48-58-77-64(84)52-44-42-40-38-36-34-32-30-28-26-24-22-20-18-16-14-12-10-8-6-4-2)66(86)54-53-65(85)80-62(50-46-56-79-70(74)75)68(88)81-61(67(71)87)49-45-55-78-69(72)73;2*3-2(4,5)1(6)7/h61-62H,3-60H2,1-2H3,(H2,71,87)(H,76,83)(H,77,84)(H,80,85)(H,81,88)(H4,72,73,78)(H4,74,75,79);2*(H,6,7)/t61-,62-;;/m0../s1. The maximum Gasteiger partial charge on any atom is 0.490 e. The molecule has 0 fully saturated rings. The van der Waals surface area contributed by atoms with Crippen molar-refractivity contribution in [2.24, 2.45) is 38.7 Å². The lowest BCUT2D eigenvalue weighted by Crippen LogP contribution is -2.53. The normalized spacial score (nSPS) is 11.8. The van der Waals surface area contributed by atoms with Gasteiger partial charge in [-0.15, -0.1) is 0 Å². The number of nitrogens with zero attached hydrogens (tertiary/aromatic N) is 3. The lowest BCUT2D eigenvalue weighted by molar-refractivity contribution is -0.193. The van der Waals surface area contributed by atoms with Crippen LogP contribution in [0.25, 0.3) is 0 Å². The number of carboxylic acids is 2. The first-order chi connectivity index (χ1) is 48.7. The van der Waals surface area contributed by atoms with E-state index < -0.39 is 54.1 Å². The van der Waals surface area contributed by atoms with Gasteiger partial charge in [-0.3, -0.25) is 38.8 Å². The number of primary amides is 1. The zero-order chi connectivity index (χ0) is 76.8. The van der Waals surface area contributed by atoms with Crippen LogP contribution in [0, 0.1) is 0 Å². The molecule has 0 aliphatic rings. The second kappa shape index (κ2) is 70.5. The first-order valence-corrected chi connectivity index (χ1v) is 39.1. The van der Waals surface area contributed by atoms with E-state index in [0.29, 0.717) is 64.7 Å². The minimum atomic E-state index is -5.08. The summed E-state index contributed by atoms with van der Waals surface area (Å²) in [6, 6.07) is -2.10. The van der Waals surface area contributed by atoms with Crippen LogP contribution in [0.2, 0.25) is 0 Å². The Hall–Kier alpha value is -6.12. The fourth-order valence-electron chi connectivity index (χ4n) is 11.4. The number of nitrogens with two attached hydrogens (primary N) is 5. The minimum Gasteiger partial charge on any atom is -0.475 e. The summed E-state index contributed by atoms with van der Waals surface area (Å²) in [5.41, 5.74) is 27.4. The number of amides is 6. The molecule has 0 unspecified atom stereocenters. The van der Waals surface area contributed by atoms with Crippen molar-refractivity contribution >= 4 is 59.3 Å². The van der Waals surface area contributed by atoms with Gasteiger partial charge in [0.1, 0.15) is 12.1 Å². The summed E-state index contributed by atoms with van der Waals surface area (Å²) >= 11 is 0. The monoisotopic (exact) mass is 1470 g/mol. The van der Waals surface area contributed by atoms with Gasteiger partial charge in [0.2, 0.25) is 35.4 Å². The summed E-state index contributed by atoms with van der Waals surface area (Å²) in [7, 11) is 0. The van der Waals surface area contributed by atoms with Crippen molar-refractivity contribution in [1.29, 1.82) is 0 Å². The van der Waals surface area contributed by atoms with Crippen LogP contribution in [-0.4, -0.2) is 138 Å². The molecule has 102 heavy (non-hydrogen) atoms. The average molecular weight is 1470 g/mol. The van der Waals surface area contributed by atoms with E-state index in [-0.39, 0.29) is 68.4 Å². The molecule has 0 aliphatic heterocycles. The van der Waals surface area contributed by atoms with Crippen LogP contribution in [0.4, 0.5) is 26.3 Å². The molecular formula is C74H140F6N12O10. The number of carboxylic acid groups (broad SMARTS) is 2. The molecule has 0 rings (SSSR count).